The third-order valence-corrected chi connectivity index (χ3v) is 5.38. The second-order valence-corrected chi connectivity index (χ2v) is 7.45. The lowest BCUT2D eigenvalue weighted by atomic mass is 10.0. The largest absolute Gasteiger partial charge is 0.419 e. The van der Waals surface area contributed by atoms with Gasteiger partial charge in [-0.2, -0.15) is 8.78 Å². The summed E-state index contributed by atoms with van der Waals surface area (Å²) in [6, 6.07) is 11.1. The number of carbonyl (C=O) groups is 1. The number of rotatable bonds is 8. The van der Waals surface area contributed by atoms with Crippen molar-refractivity contribution in [1.82, 2.24) is 10.3 Å². The molecule has 3 rings (SSSR count). The van der Waals surface area contributed by atoms with E-state index in [0.717, 1.165) is 43.7 Å². The van der Waals surface area contributed by atoms with E-state index in [2.05, 4.69) is 19.9 Å². The van der Waals surface area contributed by atoms with Crippen molar-refractivity contribution in [1.29, 1.82) is 10.8 Å². The molecule has 1 aromatic heterocycles. The topological polar surface area (TPSA) is 105 Å². The van der Waals surface area contributed by atoms with Gasteiger partial charge in [-0.25, -0.2) is 0 Å². The highest BCUT2D eigenvalue weighted by molar-refractivity contribution is 5.99. The van der Waals surface area contributed by atoms with Gasteiger partial charge >= 0.3 is 6.43 Å². The summed E-state index contributed by atoms with van der Waals surface area (Å²) in [6.07, 6.45) is 0.997. The number of hydrogen-bond acceptors (Lipinski definition) is 7. The molecule has 1 aromatic carbocycles. The molecule has 3 N–H and O–H groups in total. The molecule has 1 fully saturated rings. The van der Waals surface area contributed by atoms with Gasteiger partial charge in [-0.15, -0.1) is 0 Å². The van der Waals surface area contributed by atoms with Crippen LogP contribution in [0.2, 0.25) is 0 Å². The minimum absolute atomic E-state index is 0.155. The van der Waals surface area contributed by atoms with Crippen molar-refractivity contribution in [3.8, 4) is 0 Å². The number of halogens is 2. The lowest BCUT2D eigenvalue weighted by Gasteiger charge is -2.35. The van der Waals surface area contributed by atoms with Crippen LogP contribution in [0.3, 0.4) is 0 Å². The van der Waals surface area contributed by atoms with Crippen molar-refractivity contribution in [2.75, 3.05) is 29.9 Å². The van der Waals surface area contributed by atoms with E-state index < -0.39 is 18.2 Å². The number of anilines is 2. The molecule has 1 aliphatic heterocycles. The number of carbonyl (C=O) groups excluding carboxylic acids is 1. The van der Waals surface area contributed by atoms with Gasteiger partial charge in [0.15, 0.2) is 0 Å². The van der Waals surface area contributed by atoms with Crippen LogP contribution in [-0.2, 0) is 16.1 Å². The lowest BCUT2D eigenvalue weighted by Crippen LogP contribution is -2.41. The molecule has 184 valence electrons. The maximum atomic E-state index is 12.4. The Balaban J connectivity index is 0.00000199. The second-order valence-electron chi connectivity index (χ2n) is 7.45. The Morgan fingerprint density at radius 2 is 1.82 bits per heavy atom. The molecule has 10 heteroatoms. The Labute approximate surface area is 198 Å². The number of pyridine rings is 1. The fraction of sp³-hybridized carbons (Fsp3) is 0.417. The van der Waals surface area contributed by atoms with Crippen LogP contribution >= 0.6 is 0 Å². The molecule has 1 saturated heterocycles. The molecule has 8 nitrogen and oxygen atoms in total. The molecule has 1 amide bonds. The first-order chi connectivity index (χ1) is 16.4. The van der Waals surface area contributed by atoms with Crippen molar-refractivity contribution in [3.05, 3.63) is 53.9 Å². The van der Waals surface area contributed by atoms with Crippen LogP contribution in [0.4, 0.5) is 20.2 Å². The first kappa shape index (κ1) is 26.8. The normalized spacial score (nSPS) is 13.5. The maximum Gasteiger partial charge on any atom is 0.312 e. The fourth-order valence-corrected chi connectivity index (χ4v) is 3.62. The molecule has 0 aliphatic carbocycles. The van der Waals surface area contributed by atoms with Crippen LogP contribution in [0, 0.1) is 10.8 Å². The molecule has 1 aliphatic rings. The monoisotopic (exact) mass is 474 g/mol. The molecule has 0 unspecified atom stereocenters. The number of amides is 1. The summed E-state index contributed by atoms with van der Waals surface area (Å²) in [5, 5.41) is 18.1. The quantitative estimate of drug-likeness (QED) is 0.304. The zero-order valence-electron chi connectivity index (χ0n) is 19.7. The minimum Gasteiger partial charge on any atom is -0.419 e. The Morgan fingerprint density at radius 3 is 2.38 bits per heavy atom. The van der Waals surface area contributed by atoms with E-state index in [4.69, 9.17) is 10.8 Å². The summed E-state index contributed by atoms with van der Waals surface area (Å²) in [4.78, 5) is 19.9. The van der Waals surface area contributed by atoms with Crippen LogP contribution in [0.5, 0.6) is 0 Å². The minimum atomic E-state index is -3.09. The number of nitrogens with zero attached hydrogens (tertiary/aromatic N) is 3. The molecule has 2 aromatic rings. The third kappa shape index (κ3) is 7.05. The van der Waals surface area contributed by atoms with Crippen molar-refractivity contribution in [2.45, 2.75) is 45.7 Å². The average Bonchev–Trinajstić information content (AvgIpc) is 2.88. The van der Waals surface area contributed by atoms with E-state index in [-0.39, 0.29) is 12.1 Å². The van der Waals surface area contributed by atoms with Gasteiger partial charge in [0.05, 0.1) is 29.2 Å². The van der Waals surface area contributed by atoms with Crippen LogP contribution < -0.4 is 15.1 Å². The molecular weight excluding hydrogens is 442 g/mol. The molecule has 34 heavy (non-hydrogen) atoms. The number of benzene rings is 1. The van der Waals surface area contributed by atoms with Crippen molar-refractivity contribution in [3.63, 3.8) is 0 Å². The van der Waals surface area contributed by atoms with E-state index in [9.17, 15) is 13.6 Å². The molecule has 0 radical (unpaired) electrons. The Kier molecular flexibility index (Phi) is 10.5. The number of alkyl halides is 2. The van der Waals surface area contributed by atoms with Crippen LogP contribution in [0.25, 0.3) is 0 Å². The highest BCUT2D eigenvalue weighted by atomic mass is 19.3. The van der Waals surface area contributed by atoms with Crippen LogP contribution in [-0.4, -0.2) is 55.8 Å². The van der Waals surface area contributed by atoms with E-state index >= 15 is 0 Å². The number of para-hydroxylation sites is 2. The molecule has 0 atom stereocenters. The Hall–Kier alpha value is -3.40. The highest BCUT2D eigenvalue weighted by Crippen LogP contribution is 2.31. The zero-order chi connectivity index (χ0) is 25.1. The van der Waals surface area contributed by atoms with Gasteiger partial charge in [0.25, 0.3) is 5.90 Å². The predicted molar refractivity (Wildman–Crippen MR) is 130 cm³/mol. The maximum absolute atomic E-state index is 12.4. The summed E-state index contributed by atoms with van der Waals surface area (Å²) < 4.78 is 29.3. The van der Waals surface area contributed by atoms with Gasteiger partial charge in [-0.1, -0.05) is 26.0 Å². The zero-order valence-corrected chi connectivity index (χ0v) is 19.7. The Morgan fingerprint density at radius 1 is 1.18 bits per heavy atom. The molecular formula is C24H32F2N6O2. The molecule has 0 spiro atoms. The van der Waals surface area contributed by atoms with E-state index in [1.165, 1.54) is 12.3 Å². The van der Waals surface area contributed by atoms with Crippen LogP contribution in [0.15, 0.2) is 42.6 Å². The number of piperidine rings is 1. The summed E-state index contributed by atoms with van der Waals surface area (Å²) >= 11 is 0. The smallest absolute Gasteiger partial charge is 0.312 e. The summed E-state index contributed by atoms with van der Waals surface area (Å²) in [5.74, 6) is -1.88. The first-order valence-corrected chi connectivity index (χ1v) is 11.2. The van der Waals surface area contributed by atoms with E-state index in [0.29, 0.717) is 11.7 Å². The number of aromatic nitrogens is 1. The molecule has 2 heterocycles. The lowest BCUT2D eigenvalue weighted by molar-refractivity contribution is -0.107. The summed E-state index contributed by atoms with van der Waals surface area (Å²) in [5.41, 5.74) is 2.42. The van der Waals surface area contributed by atoms with Gasteiger partial charge in [0, 0.05) is 19.3 Å². The second kappa shape index (κ2) is 13.3. The highest BCUT2D eigenvalue weighted by Gasteiger charge is 2.22. The van der Waals surface area contributed by atoms with Crippen molar-refractivity contribution in [2.24, 2.45) is 0 Å². The van der Waals surface area contributed by atoms with Gasteiger partial charge in [-0.3, -0.25) is 20.6 Å². The third-order valence-electron chi connectivity index (χ3n) is 5.38. The molecule has 0 saturated carbocycles. The van der Waals surface area contributed by atoms with Gasteiger partial charge < -0.3 is 19.9 Å². The number of ether oxygens (including phenoxy) is 1. The van der Waals surface area contributed by atoms with Crippen molar-refractivity contribution < 1.29 is 18.3 Å². The average molecular weight is 475 g/mol. The number of nitrogens with one attached hydrogen (secondary N) is 3. The van der Waals surface area contributed by atoms with Crippen LogP contribution in [0.1, 0.15) is 37.9 Å². The summed E-state index contributed by atoms with van der Waals surface area (Å²) in [7, 11) is 2.04. The predicted octanol–water partition coefficient (Wildman–Crippen LogP) is 4.04. The SMILES string of the molecule is CC.CN(c1ccccc1N(C=O)Cc1ccc(C(=N)OC(=N)C(F)F)cn1)C1CCNCC1. The molecule has 0 bridgehead atoms. The standard InChI is InChI=1S/C22H26F2N6O2.C2H6/c1-29(17-8-10-27-11-9-17)18-4-2-3-5-19(18)30(14-31)13-16-7-6-15(12-28-16)21(25)32-22(26)20(23)24;1-2/h2-7,12,14,17,20,25-27H,8-11,13H2,1H3;1-2H3. The van der Waals surface area contributed by atoms with Gasteiger partial charge in [-0.05, 0) is 50.2 Å². The fourth-order valence-electron chi connectivity index (χ4n) is 3.62. The first-order valence-electron chi connectivity index (χ1n) is 11.2. The van der Waals surface area contributed by atoms with E-state index in [1.54, 1.807) is 11.0 Å². The van der Waals surface area contributed by atoms with Crippen molar-refractivity contribution >= 4 is 29.6 Å². The van der Waals surface area contributed by atoms with Gasteiger partial charge in [0.2, 0.25) is 12.3 Å². The summed E-state index contributed by atoms with van der Waals surface area (Å²) in [6.45, 7) is 6.11. The number of hydrogen-bond donors (Lipinski definition) is 3. The van der Waals surface area contributed by atoms with E-state index in [1.807, 2.05) is 45.2 Å². The van der Waals surface area contributed by atoms with Gasteiger partial charge in [0.1, 0.15) is 0 Å². The Bertz CT molecular complexity index is 949.